The van der Waals surface area contributed by atoms with Crippen LogP contribution in [0.15, 0.2) is 74.4 Å². The quantitative estimate of drug-likeness (QED) is 0.126. The van der Waals surface area contributed by atoms with Crippen molar-refractivity contribution in [1.29, 1.82) is 0 Å². The summed E-state index contributed by atoms with van der Waals surface area (Å²) in [7, 11) is 0. The predicted octanol–water partition coefficient (Wildman–Crippen LogP) is 6.99. The van der Waals surface area contributed by atoms with Gasteiger partial charge in [-0.1, -0.05) is 56.1 Å². The van der Waals surface area contributed by atoms with Crippen LogP contribution in [0.4, 0.5) is 0 Å². The molecular formula is C34H34O6. The van der Waals surface area contributed by atoms with E-state index in [0.29, 0.717) is 17.2 Å². The van der Waals surface area contributed by atoms with Crippen molar-refractivity contribution in [2.24, 2.45) is 0 Å². The van der Waals surface area contributed by atoms with Crippen LogP contribution in [0.2, 0.25) is 0 Å². The molecule has 0 bridgehead atoms. The van der Waals surface area contributed by atoms with Gasteiger partial charge in [-0.05, 0) is 91.6 Å². The van der Waals surface area contributed by atoms with Crippen molar-refractivity contribution in [3.8, 4) is 17.2 Å². The minimum Gasteiger partial charge on any atom is -0.423 e. The summed E-state index contributed by atoms with van der Waals surface area (Å²) in [5.74, 6) is -0.349. The summed E-state index contributed by atoms with van der Waals surface area (Å²) < 4.78 is 16.5. The third-order valence-electron chi connectivity index (χ3n) is 6.56. The highest BCUT2D eigenvalue weighted by atomic mass is 16.5. The highest BCUT2D eigenvalue weighted by Gasteiger charge is 2.24. The molecule has 0 spiro atoms. The molecule has 0 aliphatic carbocycles. The molecule has 0 atom stereocenters. The van der Waals surface area contributed by atoms with Gasteiger partial charge in [0.2, 0.25) is 0 Å². The molecule has 0 aliphatic heterocycles. The molecule has 206 valence electrons. The van der Waals surface area contributed by atoms with Crippen LogP contribution in [-0.4, -0.2) is 17.9 Å². The third kappa shape index (κ3) is 6.46. The number of esters is 3. The van der Waals surface area contributed by atoms with E-state index < -0.39 is 17.9 Å². The topological polar surface area (TPSA) is 78.9 Å². The fourth-order valence-corrected chi connectivity index (χ4v) is 4.94. The molecule has 0 radical (unpaired) electrons. The predicted molar refractivity (Wildman–Crippen MR) is 156 cm³/mol. The first-order valence-electron chi connectivity index (χ1n) is 12.8. The average molecular weight is 539 g/mol. The lowest BCUT2D eigenvalue weighted by molar-refractivity contribution is -0.129. The van der Waals surface area contributed by atoms with Crippen LogP contribution in [0, 0.1) is 41.5 Å². The average Bonchev–Trinajstić information content (AvgIpc) is 2.90. The Morgan fingerprint density at radius 3 is 0.875 bits per heavy atom. The minimum atomic E-state index is -0.526. The molecule has 3 aromatic carbocycles. The van der Waals surface area contributed by atoms with E-state index >= 15 is 0 Å². The van der Waals surface area contributed by atoms with Gasteiger partial charge in [0.05, 0.1) is 0 Å². The van der Waals surface area contributed by atoms with E-state index in [1.54, 1.807) is 0 Å². The Hall–Kier alpha value is -4.71. The maximum absolute atomic E-state index is 11.9. The Morgan fingerprint density at radius 2 is 0.700 bits per heavy atom. The molecule has 0 fully saturated rings. The molecule has 0 amide bonds. The number of carbonyl (C=O) groups is 3. The fraction of sp³-hybridized carbons (Fsp3) is 0.206. The van der Waals surface area contributed by atoms with E-state index in [2.05, 4.69) is 19.7 Å². The van der Waals surface area contributed by atoms with E-state index in [1.807, 2.05) is 77.9 Å². The minimum absolute atomic E-state index is 0.246. The van der Waals surface area contributed by atoms with E-state index in [-0.39, 0.29) is 5.92 Å². The lowest BCUT2D eigenvalue weighted by atomic mass is 9.81. The van der Waals surface area contributed by atoms with Crippen LogP contribution in [0.25, 0.3) is 0 Å². The van der Waals surface area contributed by atoms with Crippen molar-refractivity contribution in [2.45, 2.75) is 47.5 Å². The third-order valence-corrected chi connectivity index (χ3v) is 6.56. The fourth-order valence-electron chi connectivity index (χ4n) is 4.94. The summed E-state index contributed by atoms with van der Waals surface area (Å²) in [5, 5.41) is 0. The highest BCUT2D eigenvalue weighted by Crippen LogP contribution is 2.40. The largest absolute Gasteiger partial charge is 0.423 e. The smallest absolute Gasteiger partial charge is 0.335 e. The molecule has 40 heavy (non-hydrogen) atoms. The van der Waals surface area contributed by atoms with Crippen molar-refractivity contribution in [3.63, 3.8) is 0 Å². The molecule has 0 saturated carbocycles. The van der Waals surface area contributed by atoms with E-state index in [0.717, 1.165) is 68.3 Å². The molecule has 6 nitrogen and oxygen atoms in total. The first-order chi connectivity index (χ1) is 18.9. The van der Waals surface area contributed by atoms with Gasteiger partial charge in [-0.2, -0.15) is 0 Å². The molecule has 3 aromatic rings. The van der Waals surface area contributed by atoms with Crippen molar-refractivity contribution in [3.05, 3.63) is 124 Å². The number of ether oxygens (including phenoxy) is 3. The van der Waals surface area contributed by atoms with Crippen LogP contribution in [-0.2, 0) is 14.4 Å². The zero-order valence-corrected chi connectivity index (χ0v) is 23.8. The molecule has 0 saturated heterocycles. The number of rotatable bonds is 9. The second kappa shape index (κ2) is 12.4. The van der Waals surface area contributed by atoms with Gasteiger partial charge >= 0.3 is 17.9 Å². The second-order valence-corrected chi connectivity index (χ2v) is 9.76. The normalized spacial score (nSPS) is 10.6. The summed E-state index contributed by atoms with van der Waals surface area (Å²) in [6.45, 7) is 21.8. The Labute approximate surface area is 235 Å². The number of aryl methyl sites for hydroxylation is 6. The summed E-state index contributed by atoms with van der Waals surface area (Å²) in [5.41, 5.74) is 7.69. The van der Waals surface area contributed by atoms with Gasteiger partial charge in [-0.3, -0.25) is 0 Å². The van der Waals surface area contributed by atoms with Crippen LogP contribution < -0.4 is 14.2 Å². The standard InChI is InChI=1S/C34H34O6/c1-10-28(35)38-32-19(4)13-25(14-20(32)5)31(26-15-21(6)33(22(7)16-26)39-29(36)11-2)27-17-23(8)34(24(9)18-27)40-30(37)12-3/h10-18,31H,1-3H2,4-9H3. The maximum Gasteiger partial charge on any atom is 0.335 e. The maximum atomic E-state index is 11.9. The molecule has 0 unspecified atom stereocenters. The van der Waals surface area contributed by atoms with Gasteiger partial charge in [-0.15, -0.1) is 0 Å². The molecular weight excluding hydrogens is 504 g/mol. The molecule has 0 aromatic heterocycles. The molecule has 3 rings (SSSR count). The highest BCUT2D eigenvalue weighted by molar-refractivity contribution is 5.85. The number of hydrogen-bond acceptors (Lipinski definition) is 6. The number of benzene rings is 3. The van der Waals surface area contributed by atoms with Crippen molar-refractivity contribution < 1.29 is 28.6 Å². The SMILES string of the molecule is C=CC(=O)Oc1c(C)cc(C(c2cc(C)c(OC(=O)C=C)c(C)c2)c2cc(C)c(OC(=O)C=C)c(C)c2)cc1C. The van der Waals surface area contributed by atoms with Crippen molar-refractivity contribution in [2.75, 3.05) is 0 Å². The Kier molecular flexibility index (Phi) is 9.27. The van der Waals surface area contributed by atoms with Crippen molar-refractivity contribution >= 4 is 17.9 Å². The summed E-state index contributed by atoms with van der Waals surface area (Å²) >= 11 is 0. The Bertz CT molecular complexity index is 1290. The van der Waals surface area contributed by atoms with Crippen LogP contribution in [0.1, 0.15) is 56.0 Å². The van der Waals surface area contributed by atoms with Crippen molar-refractivity contribution in [1.82, 2.24) is 0 Å². The zero-order valence-electron chi connectivity index (χ0n) is 23.8. The molecule has 6 heteroatoms. The second-order valence-electron chi connectivity index (χ2n) is 9.76. The van der Waals surface area contributed by atoms with Gasteiger partial charge in [0.15, 0.2) is 0 Å². The van der Waals surface area contributed by atoms with Gasteiger partial charge in [0.1, 0.15) is 17.2 Å². The van der Waals surface area contributed by atoms with E-state index in [1.165, 1.54) is 0 Å². The lowest BCUT2D eigenvalue weighted by Crippen LogP contribution is -2.11. The van der Waals surface area contributed by atoms with Crippen LogP contribution in [0.3, 0.4) is 0 Å². The zero-order chi connectivity index (χ0) is 29.7. The Morgan fingerprint density at radius 1 is 0.500 bits per heavy atom. The first kappa shape index (κ1) is 29.8. The van der Waals surface area contributed by atoms with E-state index in [9.17, 15) is 14.4 Å². The molecule has 0 aliphatic rings. The Balaban J connectivity index is 2.26. The summed E-state index contributed by atoms with van der Waals surface area (Å²) in [6, 6.07) is 12.0. The van der Waals surface area contributed by atoms with Gasteiger partial charge < -0.3 is 14.2 Å². The number of carbonyl (C=O) groups excluding carboxylic acids is 3. The number of hydrogen-bond donors (Lipinski definition) is 0. The first-order valence-corrected chi connectivity index (χ1v) is 12.8. The van der Waals surface area contributed by atoms with Gasteiger partial charge in [0.25, 0.3) is 0 Å². The lowest BCUT2D eigenvalue weighted by Gasteiger charge is -2.24. The van der Waals surface area contributed by atoms with E-state index in [4.69, 9.17) is 14.2 Å². The van der Waals surface area contributed by atoms with Crippen LogP contribution >= 0.6 is 0 Å². The van der Waals surface area contributed by atoms with Gasteiger partial charge in [0, 0.05) is 24.1 Å². The van der Waals surface area contributed by atoms with Crippen LogP contribution in [0.5, 0.6) is 17.2 Å². The summed E-state index contributed by atoms with van der Waals surface area (Å²) in [4.78, 5) is 35.8. The van der Waals surface area contributed by atoms with Gasteiger partial charge in [-0.25, -0.2) is 14.4 Å². The summed E-state index contributed by atoms with van der Waals surface area (Å²) in [6.07, 6.45) is 3.40. The monoisotopic (exact) mass is 538 g/mol. The molecule has 0 N–H and O–H groups in total. The molecule has 0 heterocycles.